The number of ether oxygens (including phenoxy) is 1. The summed E-state index contributed by atoms with van der Waals surface area (Å²) in [6.45, 7) is 0.714. The zero-order valence-electron chi connectivity index (χ0n) is 17.3. The zero-order chi connectivity index (χ0) is 21.2. The van der Waals surface area contributed by atoms with E-state index in [-0.39, 0.29) is 5.95 Å². The molecule has 0 spiro atoms. The molecule has 0 amide bonds. The number of anilines is 2. The molecule has 0 radical (unpaired) electrons. The Morgan fingerprint density at radius 3 is 2.90 bits per heavy atom. The third-order valence-corrected chi connectivity index (χ3v) is 5.55. The fraction of sp³-hybridized carbons (Fsp3) is 0.167. The largest absolute Gasteiger partial charge is 0.496 e. The van der Waals surface area contributed by atoms with Gasteiger partial charge >= 0.3 is 0 Å². The predicted octanol–water partition coefficient (Wildman–Crippen LogP) is 4.28. The van der Waals surface area contributed by atoms with Gasteiger partial charge in [0.1, 0.15) is 11.6 Å². The molecule has 3 heterocycles. The summed E-state index contributed by atoms with van der Waals surface area (Å²) in [6.07, 6.45) is 7.34. The molecule has 31 heavy (non-hydrogen) atoms. The van der Waals surface area contributed by atoms with Crippen molar-refractivity contribution in [1.82, 2.24) is 19.9 Å². The van der Waals surface area contributed by atoms with E-state index in [2.05, 4.69) is 55.6 Å². The van der Waals surface area contributed by atoms with Crippen molar-refractivity contribution >= 4 is 33.6 Å². The van der Waals surface area contributed by atoms with E-state index in [4.69, 9.17) is 10.5 Å². The lowest BCUT2D eigenvalue weighted by Gasteiger charge is -2.12. The number of hydrogen-bond acceptors (Lipinski definition) is 5. The number of nitrogen functional groups attached to an aromatic ring is 1. The molecule has 7 heteroatoms. The van der Waals surface area contributed by atoms with Crippen LogP contribution in [-0.4, -0.2) is 33.6 Å². The van der Waals surface area contributed by atoms with Gasteiger partial charge in [0.2, 0.25) is 5.95 Å². The predicted molar refractivity (Wildman–Crippen MR) is 125 cm³/mol. The lowest BCUT2D eigenvalue weighted by molar-refractivity contribution is 0.419. The summed E-state index contributed by atoms with van der Waals surface area (Å²) in [5, 5.41) is 5.77. The number of hydrogen-bond donors (Lipinski definition) is 4. The number of aromatic nitrogens is 4. The van der Waals surface area contributed by atoms with E-state index >= 15 is 0 Å². The summed E-state index contributed by atoms with van der Waals surface area (Å²) in [7, 11) is 1.70. The Morgan fingerprint density at radius 1 is 1.06 bits per heavy atom. The van der Waals surface area contributed by atoms with Crippen molar-refractivity contribution in [3.63, 3.8) is 0 Å². The highest BCUT2D eigenvalue weighted by atomic mass is 16.5. The molecule has 2 aromatic carbocycles. The summed E-state index contributed by atoms with van der Waals surface area (Å²) >= 11 is 0. The van der Waals surface area contributed by atoms with E-state index in [9.17, 15) is 0 Å². The van der Waals surface area contributed by atoms with Gasteiger partial charge in [0.25, 0.3) is 0 Å². The first kappa shape index (κ1) is 19.0. The van der Waals surface area contributed by atoms with E-state index in [1.807, 2.05) is 24.5 Å². The summed E-state index contributed by atoms with van der Waals surface area (Å²) in [5.41, 5.74) is 11.5. The fourth-order valence-electron chi connectivity index (χ4n) is 4.04. The molecule has 0 saturated carbocycles. The number of aromatic amines is 2. The monoisotopic (exact) mass is 412 g/mol. The number of nitrogens with zero attached hydrogens (tertiary/aromatic N) is 2. The number of rotatable bonds is 7. The molecule has 0 atom stereocenters. The van der Waals surface area contributed by atoms with Gasteiger partial charge in [0.05, 0.1) is 7.11 Å². The average Bonchev–Trinajstić information content (AvgIpc) is 3.42. The second kappa shape index (κ2) is 8.02. The van der Waals surface area contributed by atoms with Gasteiger partial charge in [-0.25, -0.2) is 4.98 Å². The molecule has 5 aromatic rings. The lowest BCUT2D eigenvalue weighted by Crippen LogP contribution is -2.11. The molecular formula is C24H24N6O. The highest BCUT2D eigenvalue weighted by molar-refractivity contribution is 5.89. The molecule has 5 rings (SSSR count). The number of benzene rings is 2. The molecule has 7 nitrogen and oxygen atoms in total. The van der Waals surface area contributed by atoms with E-state index in [0.717, 1.165) is 46.4 Å². The van der Waals surface area contributed by atoms with Gasteiger partial charge in [-0.15, -0.1) is 0 Å². The quantitative estimate of drug-likeness (QED) is 0.319. The van der Waals surface area contributed by atoms with Crippen molar-refractivity contribution in [3.05, 3.63) is 77.7 Å². The Hall–Kier alpha value is -4.00. The van der Waals surface area contributed by atoms with Crippen LogP contribution in [0.25, 0.3) is 21.8 Å². The average molecular weight is 412 g/mol. The van der Waals surface area contributed by atoms with E-state index in [1.165, 1.54) is 16.5 Å². The second-order valence-corrected chi connectivity index (χ2v) is 7.55. The van der Waals surface area contributed by atoms with Gasteiger partial charge in [0.15, 0.2) is 0 Å². The maximum absolute atomic E-state index is 5.87. The molecule has 0 unspecified atom stereocenters. The maximum atomic E-state index is 5.87. The number of nitrogens with one attached hydrogen (secondary N) is 3. The van der Waals surface area contributed by atoms with Crippen molar-refractivity contribution in [3.8, 4) is 5.75 Å². The van der Waals surface area contributed by atoms with Gasteiger partial charge in [0, 0.05) is 53.5 Å². The van der Waals surface area contributed by atoms with Crippen LogP contribution in [0.2, 0.25) is 0 Å². The molecule has 0 bridgehead atoms. The van der Waals surface area contributed by atoms with E-state index in [0.29, 0.717) is 6.54 Å². The third kappa shape index (κ3) is 3.77. The Bertz CT molecular complexity index is 1350. The summed E-state index contributed by atoms with van der Waals surface area (Å²) in [4.78, 5) is 15.2. The lowest BCUT2D eigenvalue weighted by atomic mass is 10.0. The van der Waals surface area contributed by atoms with Crippen LogP contribution in [0.3, 0.4) is 0 Å². The normalized spacial score (nSPS) is 11.3. The van der Waals surface area contributed by atoms with Crippen molar-refractivity contribution in [1.29, 1.82) is 0 Å². The summed E-state index contributed by atoms with van der Waals surface area (Å²) in [6, 6.07) is 14.5. The standard InChI is InChI=1S/C24H24N6O/c1-31-21-4-2-3-20-22(21)17(13-28-20)8-10-27-23-18(14-29-24(25)30-23)12-15-5-6-19-16(11-15)7-9-26-19/h2-7,9,11,13-14,26,28H,8,10,12H2,1H3,(H3,25,27,29,30). The summed E-state index contributed by atoms with van der Waals surface area (Å²) < 4.78 is 5.54. The van der Waals surface area contributed by atoms with Crippen LogP contribution in [0.15, 0.2) is 61.1 Å². The highest BCUT2D eigenvalue weighted by Gasteiger charge is 2.11. The Morgan fingerprint density at radius 2 is 2.00 bits per heavy atom. The Balaban J connectivity index is 1.34. The molecule has 5 N–H and O–H groups in total. The number of H-pyrrole nitrogens is 2. The van der Waals surface area contributed by atoms with Crippen LogP contribution in [0.4, 0.5) is 11.8 Å². The van der Waals surface area contributed by atoms with Crippen molar-refractivity contribution in [2.24, 2.45) is 0 Å². The van der Waals surface area contributed by atoms with Crippen molar-refractivity contribution in [2.75, 3.05) is 24.7 Å². The first-order chi connectivity index (χ1) is 15.2. The first-order valence-corrected chi connectivity index (χ1v) is 10.3. The number of methoxy groups -OCH3 is 1. The molecular weight excluding hydrogens is 388 g/mol. The van der Waals surface area contributed by atoms with Gasteiger partial charge < -0.3 is 25.8 Å². The van der Waals surface area contributed by atoms with Gasteiger partial charge in [-0.3, -0.25) is 0 Å². The van der Waals surface area contributed by atoms with Gasteiger partial charge in [-0.2, -0.15) is 4.98 Å². The van der Waals surface area contributed by atoms with Crippen LogP contribution in [0, 0.1) is 0 Å². The fourth-order valence-corrected chi connectivity index (χ4v) is 4.04. The van der Waals surface area contributed by atoms with Gasteiger partial charge in [-0.05, 0) is 53.3 Å². The van der Waals surface area contributed by atoms with Crippen LogP contribution in [-0.2, 0) is 12.8 Å². The van der Waals surface area contributed by atoms with E-state index < -0.39 is 0 Å². The van der Waals surface area contributed by atoms with Crippen molar-refractivity contribution in [2.45, 2.75) is 12.8 Å². The minimum absolute atomic E-state index is 0.265. The van der Waals surface area contributed by atoms with Crippen molar-refractivity contribution < 1.29 is 4.74 Å². The Kier molecular flexibility index (Phi) is 4.92. The minimum atomic E-state index is 0.265. The van der Waals surface area contributed by atoms with Crippen LogP contribution < -0.4 is 15.8 Å². The van der Waals surface area contributed by atoms with Gasteiger partial charge in [-0.1, -0.05) is 12.1 Å². The molecule has 156 valence electrons. The topological polar surface area (TPSA) is 105 Å². The third-order valence-electron chi connectivity index (χ3n) is 5.55. The number of fused-ring (bicyclic) bond motifs is 2. The minimum Gasteiger partial charge on any atom is -0.496 e. The van der Waals surface area contributed by atoms with Crippen LogP contribution >= 0.6 is 0 Å². The molecule has 3 aromatic heterocycles. The highest BCUT2D eigenvalue weighted by Crippen LogP contribution is 2.29. The van der Waals surface area contributed by atoms with Crippen LogP contribution in [0.1, 0.15) is 16.7 Å². The molecule has 0 aliphatic carbocycles. The zero-order valence-corrected chi connectivity index (χ0v) is 17.3. The molecule has 0 saturated heterocycles. The van der Waals surface area contributed by atoms with E-state index in [1.54, 1.807) is 13.3 Å². The smallest absolute Gasteiger partial charge is 0.221 e. The summed E-state index contributed by atoms with van der Waals surface area (Å²) in [5.74, 6) is 1.91. The second-order valence-electron chi connectivity index (χ2n) is 7.55. The van der Waals surface area contributed by atoms with Crippen LogP contribution in [0.5, 0.6) is 5.75 Å². The molecule has 0 fully saturated rings. The molecule has 0 aliphatic rings. The maximum Gasteiger partial charge on any atom is 0.221 e. The number of nitrogens with two attached hydrogens (primary N) is 1. The molecule has 0 aliphatic heterocycles. The first-order valence-electron chi connectivity index (χ1n) is 10.3. The Labute approximate surface area is 179 Å². The SMILES string of the molecule is COc1cccc2[nH]cc(CCNc3nc(N)ncc3Cc3ccc4[nH]ccc4c3)c12.